The molecule has 2 unspecified atom stereocenters. The molecule has 1 aliphatic rings. The minimum atomic E-state index is 0.508. The Bertz CT molecular complexity index is 348. The quantitative estimate of drug-likeness (QED) is 0.801. The summed E-state index contributed by atoms with van der Waals surface area (Å²) >= 11 is 0. The van der Waals surface area contributed by atoms with E-state index in [1.165, 1.54) is 17.5 Å². The van der Waals surface area contributed by atoms with Gasteiger partial charge >= 0.3 is 0 Å². The van der Waals surface area contributed by atoms with Gasteiger partial charge in [-0.3, -0.25) is 0 Å². The van der Waals surface area contributed by atoms with Crippen molar-refractivity contribution in [1.82, 2.24) is 5.32 Å². The van der Waals surface area contributed by atoms with E-state index in [2.05, 4.69) is 37.4 Å². The van der Waals surface area contributed by atoms with Crippen molar-refractivity contribution < 1.29 is 4.74 Å². The van der Waals surface area contributed by atoms with Crippen LogP contribution in [0.15, 0.2) is 18.2 Å². The van der Waals surface area contributed by atoms with Crippen molar-refractivity contribution >= 4 is 0 Å². The van der Waals surface area contributed by atoms with Gasteiger partial charge in [-0.1, -0.05) is 13.0 Å². The summed E-state index contributed by atoms with van der Waals surface area (Å²) in [7, 11) is 1.73. The van der Waals surface area contributed by atoms with Crippen molar-refractivity contribution in [2.24, 2.45) is 5.92 Å². The molecule has 0 bridgehead atoms. The van der Waals surface area contributed by atoms with Gasteiger partial charge in [0, 0.05) is 6.04 Å². The van der Waals surface area contributed by atoms with Gasteiger partial charge in [0.25, 0.3) is 0 Å². The normalized spacial score (nSPS) is 25.5. The zero-order valence-corrected chi connectivity index (χ0v) is 9.71. The standard InChI is InChI=1S/C13H19NO/c1-9-4-11(7-12(5-9)15-3)13-6-10(2)8-14-13/h4-5,7,10,13-14H,6,8H2,1-3H3. The lowest BCUT2D eigenvalue weighted by atomic mass is 9.99. The molecule has 0 saturated carbocycles. The first-order valence-corrected chi connectivity index (χ1v) is 5.58. The first kappa shape index (κ1) is 10.5. The second-order valence-electron chi connectivity index (χ2n) is 4.59. The highest BCUT2D eigenvalue weighted by Crippen LogP contribution is 2.29. The Morgan fingerprint density at radius 2 is 2.13 bits per heavy atom. The van der Waals surface area contributed by atoms with E-state index in [0.717, 1.165) is 18.2 Å². The maximum Gasteiger partial charge on any atom is 0.119 e. The Labute approximate surface area is 91.6 Å². The molecule has 1 heterocycles. The van der Waals surface area contributed by atoms with E-state index in [1.54, 1.807) is 7.11 Å². The molecule has 0 aliphatic carbocycles. The molecule has 2 rings (SSSR count). The zero-order chi connectivity index (χ0) is 10.8. The lowest BCUT2D eigenvalue weighted by molar-refractivity contribution is 0.413. The van der Waals surface area contributed by atoms with Crippen LogP contribution in [0.1, 0.15) is 30.5 Å². The molecular formula is C13H19NO. The first-order chi connectivity index (χ1) is 7.19. The van der Waals surface area contributed by atoms with Gasteiger partial charge in [-0.15, -0.1) is 0 Å². The van der Waals surface area contributed by atoms with Crippen LogP contribution in [0.4, 0.5) is 0 Å². The van der Waals surface area contributed by atoms with Crippen LogP contribution in [0.25, 0.3) is 0 Å². The molecule has 0 spiro atoms. The highest BCUT2D eigenvalue weighted by molar-refractivity contribution is 5.35. The van der Waals surface area contributed by atoms with E-state index in [-0.39, 0.29) is 0 Å². The Morgan fingerprint density at radius 1 is 1.33 bits per heavy atom. The second-order valence-corrected chi connectivity index (χ2v) is 4.59. The fraction of sp³-hybridized carbons (Fsp3) is 0.538. The summed E-state index contributed by atoms with van der Waals surface area (Å²) in [6.45, 7) is 5.53. The molecule has 1 aromatic carbocycles. The molecular weight excluding hydrogens is 186 g/mol. The van der Waals surface area contributed by atoms with E-state index in [1.807, 2.05) is 0 Å². The molecule has 2 heteroatoms. The lowest BCUT2D eigenvalue weighted by Crippen LogP contribution is -2.13. The fourth-order valence-corrected chi connectivity index (χ4v) is 2.26. The van der Waals surface area contributed by atoms with Gasteiger partial charge in [-0.25, -0.2) is 0 Å². The molecule has 1 N–H and O–H groups in total. The number of aryl methyl sites for hydroxylation is 1. The van der Waals surface area contributed by atoms with Crippen molar-refractivity contribution in [3.63, 3.8) is 0 Å². The van der Waals surface area contributed by atoms with Crippen LogP contribution in [-0.4, -0.2) is 13.7 Å². The fourth-order valence-electron chi connectivity index (χ4n) is 2.26. The maximum atomic E-state index is 5.29. The number of rotatable bonds is 2. The maximum absolute atomic E-state index is 5.29. The highest BCUT2D eigenvalue weighted by Gasteiger charge is 2.22. The van der Waals surface area contributed by atoms with E-state index in [0.29, 0.717) is 6.04 Å². The molecule has 2 atom stereocenters. The molecule has 1 aliphatic heterocycles. The topological polar surface area (TPSA) is 21.3 Å². The van der Waals surface area contributed by atoms with Gasteiger partial charge in [-0.05, 0) is 49.1 Å². The third-order valence-electron chi connectivity index (χ3n) is 3.06. The summed E-state index contributed by atoms with van der Waals surface area (Å²) < 4.78 is 5.29. The van der Waals surface area contributed by atoms with Crippen LogP contribution in [0.3, 0.4) is 0 Å². The summed E-state index contributed by atoms with van der Waals surface area (Å²) in [5.41, 5.74) is 2.63. The lowest BCUT2D eigenvalue weighted by Gasteiger charge is -2.13. The van der Waals surface area contributed by atoms with Crippen molar-refractivity contribution in [1.29, 1.82) is 0 Å². The molecule has 82 valence electrons. The molecule has 1 saturated heterocycles. The summed E-state index contributed by atoms with van der Waals surface area (Å²) in [5.74, 6) is 1.74. The SMILES string of the molecule is COc1cc(C)cc(C2CC(C)CN2)c1. The minimum Gasteiger partial charge on any atom is -0.497 e. The third-order valence-corrected chi connectivity index (χ3v) is 3.06. The summed E-state index contributed by atoms with van der Waals surface area (Å²) in [4.78, 5) is 0. The van der Waals surface area contributed by atoms with Gasteiger partial charge in [0.15, 0.2) is 0 Å². The van der Waals surface area contributed by atoms with Crippen molar-refractivity contribution in [3.8, 4) is 5.75 Å². The molecule has 0 radical (unpaired) electrons. The van der Waals surface area contributed by atoms with Crippen LogP contribution in [-0.2, 0) is 0 Å². The number of methoxy groups -OCH3 is 1. The second kappa shape index (κ2) is 4.23. The van der Waals surface area contributed by atoms with Crippen LogP contribution < -0.4 is 10.1 Å². The smallest absolute Gasteiger partial charge is 0.119 e. The van der Waals surface area contributed by atoms with Crippen LogP contribution in [0.2, 0.25) is 0 Å². The molecule has 2 nitrogen and oxygen atoms in total. The molecule has 1 fully saturated rings. The molecule has 0 amide bonds. The van der Waals surface area contributed by atoms with Gasteiger partial charge in [-0.2, -0.15) is 0 Å². The zero-order valence-electron chi connectivity index (χ0n) is 9.71. The minimum absolute atomic E-state index is 0.508. The number of benzene rings is 1. The van der Waals surface area contributed by atoms with Gasteiger partial charge in [0.1, 0.15) is 5.75 Å². The summed E-state index contributed by atoms with van der Waals surface area (Å²) in [6.07, 6.45) is 1.23. The number of hydrogen-bond donors (Lipinski definition) is 1. The highest BCUT2D eigenvalue weighted by atomic mass is 16.5. The Kier molecular flexibility index (Phi) is 2.96. The summed E-state index contributed by atoms with van der Waals surface area (Å²) in [6, 6.07) is 6.97. The van der Waals surface area contributed by atoms with E-state index in [4.69, 9.17) is 4.74 Å². The van der Waals surface area contributed by atoms with Crippen LogP contribution >= 0.6 is 0 Å². The molecule has 0 aromatic heterocycles. The number of ether oxygens (including phenoxy) is 1. The Balaban J connectivity index is 2.24. The molecule has 1 aromatic rings. The third kappa shape index (κ3) is 2.32. The van der Waals surface area contributed by atoms with E-state index >= 15 is 0 Å². The van der Waals surface area contributed by atoms with Crippen LogP contribution in [0.5, 0.6) is 5.75 Å². The van der Waals surface area contributed by atoms with E-state index < -0.39 is 0 Å². The Morgan fingerprint density at radius 3 is 2.73 bits per heavy atom. The Hall–Kier alpha value is -1.02. The number of hydrogen-bond acceptors (Lipinski definition) is 2. The molecule has 15 heavy (non-hydrogen) atoms. The summed E-state index contributed by atoms with van der Waals surface area (Å²) in [5, 5.41) is 3.55. The van der Waals surface area contributed by atoms with Crippen molar-refractivity contribution in [2.45, 2.75) is 26.3 Å². The predicted octanol–water partition coefficient (Wildman–Crippen LogP) is 2.67. The van der Waals surface area contributed by atoms with Crippen molar-refractivity contribution in [2.75, 3.05) is 13.7 Å². The van der Waals surface area contributed by atoms with Crippen molar-refractivity contribution in [3.05, 3.63) is 29.3 Å². The van der Waals surface area contributed by atoms with Gasteiger partial charge in [0.2, 0.25) is 0 Å². The average molecular weight is 205 g/mol. The monoisotopic (exact) mass is 205 g/mol. The van der Waals surface area contributed by atoms with E-state index in [9.17, 15) is 0 Å². The average Bonchev–Trinajstić information content (AvgIpc) is 2.64. The first-order valence-electron chi connectivity index (χ1n) is 5.58. The predicted molar refractivity (Wildman–Crippen MR) is 62.3 cm³/mol. The number of nitrogens with one attached hydrogen (secondary N) is 1. The van der Waals surface area contributed by atoms with Crippen LogP contribution in [0, 0.1) is 12.8 Å². The largest absolute Gasteiger partial charge is 0.497 e. The van der Waals surface area contributed by atoms with Gasteiger partial charge < -0.3 is 10.1 Å². The van der Waals surface area contributed by atoms with Gasteiger partial charge in [0.05, 0.1) is 7.11 Å².